The first-order valence-corrected chi connectivity index (χ1v) is 11.4. The molecule has 1 nitrogen and oxygen atoms in total. The summed E-state index contributed by atoms with van der Waals surface area (Å²) in [4.78, 5) is 0. The fourth-order valence-electron chi connectivity index (χ4n) is 2.54. The van der Waals surface area contributed by atoms with E-state index < -0.39 is 14.7 Å². The van der Waals surface area contributed by atoms with Crippen molar-refractivity contribution in [1.82, 2.24) is 0 Å². The van der Waals surface area contributed by atoms with Crippen LogP contribution >= 0.6 is 0 Å². The third kappa shape index (κ3) is 4.39. The van der Waals surface area contributed by atoms with Gasteiger partial charge in [0.2, 0.25) is 0 Å². The number of hydrogen-bond donors (Lipinski definition) is 0. The number of methoxy groups -OCH3 is 1. The van der Waals surface area contributed by atoms with Crippen molar-refractivity contribution in [2.45, 2.75) is 42.8 Å². The second kappa shape index (κ2) is 7.11. The molecule has 2 atom stereocenters. The molecule has 0 radical (unpaired) electrons. The molecule has 0 spiro atoms. The molecule has 1 rings (SSSR count). The monoisotopic (exact) mass is 296 g/mol. The molecule has 0 aliphatic carbocycles. The normalized spacial score (nSPS) is 14.7. The first-order valence-electron chi connectivity index (χ1n) is 6.37. The number of ether oxygens (including phenoxy) is 1. The average Bonchev–Trinajstić information content (AvgIpc) is 2.29. The molecule has 0 aromatic heterocycles. The van der Waals surface area contributed by atoms with Gasteiger partial charge < -0.3 is 0 Å². The van der Waals surface area contributed by atoms with E-state index in [4.69, 9.17) is 4.74 Å². The molecule has 1 unspecified atom stereocenters. The zero-order valence-electron chi connectivity index (χ0n) is 11.7. The zero-order valence-corrected chi connectivity index (χ0v) is 13.6. The van der Waals surface area contributed by atoms with Gasteiger partial charge in [0.25, 0.3) is 0 Å². The summed E-state index contributed by atoms with van der Waals surface area (Å²) in [7, 11) is 1.74. The van der Waals surface area contributed by atoms with Gasteiger partial charge >= 0.3 is 111 Å². The van der Waals surface area contributed by atoms with E-state index in [1.807, 2.05) is 6.07 Å². The standard InChI is InChI=1S/C15H25AsO/c1-6-15(12(2)11-16(3)4)13-8-7-9-14(10-13)17-5/h7-10,12,15H,6,11H2,1-5H3/t12-,15?/m0/s1. The number of hydrogen-bond acceptors (Lipinski definition) is 1. The van der Waals surface area contributed by atoms with E-state index in [1.54, 1.807) is 7.11 Å². The van der Waals surface area contributed by atoms with Crippen molar-refractivity contribution in [3.05, 3.63) is 29.8 Å². The van der Waals surface area contributed by atoms with Crippen LogP contribution in [0.25, 0.3) is 0 Å². The van der Waals surface area contributed by atoms with Crippen molar-refractivity contribution in [3.63, 3.8) is 0 Å². The molecule has 0 amide bonds. The summed E-state index contributed by atoms with van der Waals surface area (Å²) in [6.07, 6.45) is 1.22. The van der Waals surface area contributed by atoms with Gasteiger partial charge in [0.15, 0.2) is 0 Å². The Kier molecular flexibility index (Phi) is 6.12. The Morgan fingerprint density at radius 1 is 1.29 bits per heavy atom. The van der Waals surface area contributed by atoms with Crippen LogP contribution in [0.2, 0.25) is 16.6 Å². The van der Waals surface area contributed by atoms with Crippen molar-refractivity contribution in [1.29, 1.82) is 0 Å². The molecule has 0 heterocycles. The van der Waals surface area contributed by atoms with Crippen LogP contribution in [-0.4, -0.2) is 21.8 Å². The molecule has 0 saturated carbocycles. The Balaban J connectivity index is 2.84. The molecule has 0 fully saturated rings. The Morgan fingerprint density at radius 2 is 2.00 bits per heavy atom. The van der Waals surface area contributed by atoms with Crippen LogP contribution in [0.1, 0.15) is 31.7 Å². The summed E-state index contributed by atoms with van der Waals surface area (Å²) in [5, 5.41) is 1.43. The van der Waals surface area contributed by atoms with Crippen LogP contribution in [-0.2, 0) is 0 Å². The van der Waals surface area contributed by atoms with E-state index in [1.165, 1.54) is 17.2 Å². The molecular formula is C15H25AsO. The second-order valence-electron chi connectivity index (χ2n) is 5.03. The number of benzene rings is 1. The summed E-state index contributed by atoms with van der Waals surface area (Å²) in [6, 6.07) is 8.58. The van der Waals surface area contributed by atoms with Gasteiger partial charge in [-0.2, -0.15) is 0 Å². The fraction of sp³-hybridized carbons (Fsp3) is 0.600. The van der Waals surface area contributed by atoms with E-state index in [0.29, 0.717) is 5.92 Å². The van der Waals surface area contributed by atoms with Gasteiger partial charge in [-0.25, -0.2) is 0 Å². The predicted octanol–water partition coefficient (Wildman–Crippen LogP) is 4.58. The molecule has 0 N–H and O–H groups in total. The van der Waals surface area contributed by atoms with Crippen molar-refractivity contribution >= 4 is 14.7 Å². The van der Waals surface area contributed by atoms with Crippen LogP contribution in [0, 0.1) is 5.92 Å². The summed E-state index contributed by atoms with van der Waals surface area (Å²) < 4.78 is 5.32. The molecular weight excluding hydrogens is 271 g/mol. The van der Waals surface area contributed by atoms with Crippen LogP contribution < -0.4 is 4.74 Å². The SMILES string of the molecule is CCC(c1cccc(OC)c1)[C@@H](C)C[As](C)C. The first-order chi connectivity index (χ1) is 8.08. The Morgan fingerprint density at radius 3 is 2.53 bits per heavy atom. The average molecular weight is 296 g/mol. The molecule has 1 aromatic rings. The van der Waals surface area contributed by atoms with Gasteiger partial charge in [0.1, 0.15) is 0 Å². The predicted molar refractivity (Wildman–Crippen MR) is 77.5 cm³/mol. The summed E-state index contributed by atoms with van der Waals surface area (Å²) in [6.45, 7) is 4.70. The quantitative estimate of drug-likeness (QED) is 0.698. The van der Waals surface area contributed by atoms with E-state index in [9.17, 15) is 0 Å². The first kappa shape index (κ1) is 14.6. The van der Waals surface area contributed by atoms with Gasteiger partial charge in [-0.15, -0.1) is 0 Å². The molecule has 0 bridgehead atoms. The molecule has 17 heavy (non-hydrogen) atoms. The van der Waals surface area contributed by atoms with E-state index in [2.05, 4.69) is 43.5 Å². The van der Waals surface area contributed by atoms with Crippen LogP contribution in [0.5, 0.6) is 5.75 Å². The minimum absolute atomic E-state index is 0.535. The summed E-state index contributed by atoms with van der Waals surface area (Å²) in [5.41, 5.74) is 6.33. The van der Waals surface area contributed by atoms with Gasteiger partial charge in [-0.3, -0.25) is 0 Å². The van der Waals surface area contributed by atoms with Gasteiger partial charge in [-0.1, -0.05) is 0 Å². The maximum absolute atomic E-state index is 5.32. The molecule has 0 aliphatic rings. The third-order valence-corrected chi connectivity index (χ3v) is 6.04. The molecule has 96 valence electrons. The van der Waals surface area contributed by atoms with Crippen LogP contribution in [0.4, 0.5) is 0 Å². The molecule has 2 heteroatoms. The number of rotatable bonds is 6. The maximum atomic E-state index is 5.32. The third-order valence-electron chi connectivity index (χ3n) is 3.30. The Bertz CT molecular complexity index is 335. The van der Waals surface area contributed by atoms with Gasteiger partial charge in [0.05, 0.1) is 0 Å². The van der Waals surface area contributed by atoms with E-state index >= 15 is 0 Å². The zero-order chi connectivity index (χ0) is 12.8. The van der Waals surface area contributed by atoms with Crippen LogP contribution in [0.3, 0.4) is 0 Å². The Labute approximate surface area is 111 Å². The van der Waals surface area contributed by atoms with Crippen molar-refractivity contribution in [2.24, 2.45) is 5.92 Å². The molecule has 1 aromatic carbocycles. The van der Waals surface area contributed by atoms with Crippen molar-refractivity contribution < 1.29 is 4.74 Å². The van der Waals surface area contributed by atoms with E-state index in [-0.39, 0.29) is 0 Å². The minimum atomic E-state index is -0.535. The van der Waals surface area contributed by atoms with E-state index in [0.717, 1.165) is 11.7 Å². The van der Waals surface area contributed by atoms with Crippen LogP contribution in [0.15, 0.2) is 24.3 Å². The van der Waals surface area contributed by atoms with Gasteiger partial charge in [-0.05, 0) is 0 Å². The summed E-state index contributed by atoms with van der Waals surface area (Å²) in [5.74, 6) is 2.46. The second-order valence-corrected chi connectivity index (χ2v) is 10.3. The van der Waals surface area contributed by atoms with Crippen molar-refractivity contribution in [3.8, 4) is 5.75 Å². The topological polar surface area (TPSA) is 9.23 Å². The Hall–Kier alpha value is -0.422. The summed E-state index contributed by atoms with van der Waals surface area (Å²) >= 11 is -0.535. The van der Waals surface area contributed by atoms with Crippen molar-refractivity contribution in [2.75, 3.05) is 7.11 Å². The van der Waals surface area contributed by atoms with Gasteiger partial charge in [0, 0.05) is 0 Å². The fourth-order valence-corrected chi connectivity index (χ4v) is 5.49. The molecule has 0 saturated heterocycles. The molecule has 0 aliphatic heterocycles.